The second kappa shape index (κ2) is 7.48. The summed E-state index contributed by atoms with van der Waals surface area (Å²) >= 11 is 0. The van der Waals surface area contributed by atoms with Crippen LogP contribution in [0.1, 0.15) is 26.7 Å². The van der Waals surface area contributed by atoms with E-state index in [1.54, 1.807) is 4.90 Å². The van der Waals surface area contributed by atoms with Crippen LogP contribution in [0.4, 0.5) is 14.5 Å². The monoisotopic (exact) mass is 387 g/mol. The van der Waals surface area contributed by atoms with Crippen molar-refractivity contribution in [3.63, 3.8) is 0 Å². The van der Waals surface area contributed by atoms with E-state index in [-0.39, 0.29) is 54.3 Å². The van der Waals surface area contributed by atoms with Crippen molar-refractivity contribution < 1.29 is 18.4 Å². The Morgan fingerprint density at radius 3 is 2.42 bits per heavy atom. The van der Waals surface area contributed by atoms with Gasteiger partial charge < -0.3 is 15.5 Å². The van der Waals surface area contributed by atoms with Gasteiger partial charge in [0.25, 0.3) is 0 Å². The molecule has 2 aliphatic rings. The Hall–Kier alpha value is -1.73. The number of carbonyl (C=O) groups is 2. The van der Waals surface area contributed by atoms with Crippen LogP contribution in [0, 0.1) is 23.0 Å². The molecule has 2 unspecified atom stereocenters. The highest BCUT2D eigenvalue weighted by Crippen LogP contribution is 2.32. The number of amides is 2. The maximum atomic E-state index is 13.4. The van der Waals surface area contributed by atoms with Crippen LogP contribution in [-0.2, 0) is 9.59 Å². The molecule has 5 nitrogen and oxygen atoms in total. The first-order valence-electron chi connectivity index (χ1n) is 8.48. The second-order valence-electron chi connectivity index (χ2n) is 7.68. The minimum Gasteiger partial charge on any atom is -0.342 e. The van der Waals surface area contributed by atoms with Gasteiger partial charge in [0.1, 0.15) is 11.6 Å². The maximum Gasteiger partial charge on any atom is 0.228 e. The van der Waals surface area contributed by atoms with Crippen molar-refractivity contribution in [1.82, 2.24) is 4.90 Å². The van der Waals surface area contributed by atoms with Gasteiger partial charge in [0.15, 0.2) is 0 Å². The minimum atomic E-state index is -0.746. The van der Waals surface area contributed by atoms with Gasteiger partial charge in [-0.25, -0.2) is 8.78 Å². The lowest BCUT2D eigenvalue weighted by molar-refractivity contribution is -0.139. The smallest absolute Gasteiger partial charge is 0.228 e. The molecule has 3 rings (SSSR count). The fraction of sp³-hybridized carbons (Fsp3) is 0.556. The third-order valence-electron chi connectivity index (χ3n) is 5.26. The molecule has 0 bridgehead atoms. The van der Waals surface area contributed by atoms with Gasteiger partial charge >= 0.3 is 0 Å². The van der Waals surface area contributed by atoms with Gasteiger partial charge in [-0.1, -0.05) is 13.8 Å². The Morgan fingerprint density at radius 1 is 1.23 bits per heavy atom. The summed E-state index contributed by atoms with van der Waals surface area (Å²) in [5.74, 6) is -2.37. The predicted molar refractivity (Wildman–Crippen MR) is 97.0 cm³/mol. The number of benzene rings is 1. The van der Waals surface area contributed by atoms with E-state index in [2.05, 4.69) is 0 Å². The summed E-state index contributed by atoms with van der Waals surface area (Å²) in [6.45, 7) is 5.32. The van der Waals surface area contributed by atoms with Gasteiger partial charge in [-0.05, 0) is 24.0 Å². The highest BCUT2D eigenvalue weighted by atomic mass is 35.5. The average molecular weight is 388 g/mol. The third kappa shape index (κ3) is 3.99. The average Bonchev–Trinajstić information content (AvgIpc) is 2.90. The molecule has 2 aliphatic heterocycles. The number of hydrogen-bond acceptors (Lipinski definition) is 3. The van der Waals surface area contributed by atoms with Crippen molar-refractivity contribution in [2.24, 2.45) is 17.1 Å². The van der Waals surface area contributed by atoms with Crippen LogP contribution in [0.15, 0.2) is 18.2 Å². The Balaban J connectivity index is 0.00000243. The topological polar surface area (TPSA) is 66.6 Å². The van der Waals surface area contributed by atoms with Gasteiger partial charge in [-0.3, -0.25) is 9.59 Å². The van der Waals surface area contributed by atoms with Gasteiger partial charge in [0.05, 0.1) is 5.92 Å². The van der Waals surface area contributed by atoms with Crippen LogP contribution in [-0.4, -0.2) is 42.4 Å². The first kappa shape index (κ1) is 20.6. The Labute approximate surface area is 157 Å². The van der Waals surface area contributed by atoms with Crippen molar-refractivity contribution in [1.29, 1.82) is 0 Å². The number of nitrogens with zero attached hydrogens (tertiary/aromatic N) is 2. The number of hydrogen-bond donors (Lipinski definition) is 1. The van der Waals surface area contributed by atoms with Crippen LogP contribution < -0.4 is 10.6 Å². The standard InChI is InChI=1S/C18H23F2N3O2.ClH/c1-18(2)10-22(4-3-15(18)21)17(25)11-5-16(24)23(9-11)14-7-12(19)6-13(20)8-14;/h6-8,11,15H,3-5,9-10,21H2,1-2H3;1H. The van der Waals surface area contributed by atoms with Gasteiger partial charge in [0.2, 0.25) is 11.8 Å². The van der Waals surface area contributed by atoms with Crippen molar-refractivity contribution in [3.8, 4) is 0 Å². The zero-order valence-electron chi connectivity index (χ0n) is 14.9. The van der Waals surface area contributed by atoms with E-state index < -0.39 is 17.6 Å². The molecule has 2 fully saturated rings. The molecule has 1 aromatic rings. The molecule has 2 atom stereocenters. The highest BCUT2D eigenvalue weighted by Gasteiger charge is 2.41. The minimum absolute atomic E-state index is 0. The summed E-state index contributed by atoms with van der Waals surface area (Å²) in [7, 11) is 0. The van der Waals surface area contributed by atoms with E-state index >= 15 is 0 Å². The molecule has 0 aromatic heterocycles. The second-order valence-corrected chi connectivity index (χ2v) is 7.68. The van der Waals surface area contributed by atoms with E-state index in [1.165, 1.54) is 4.90 Å². The summed E-state index contributed by atoms with van der Waals surface area (Å²) < 4.78 is 26.8. The van der Waals surface area contributed by atoms with Crippen LogP contribution >= 0.6 is 12.4 Å². The molecule has 2 saturated heterocycles. The molecule has 0 radical (unpaired) electrons. The zero-order valence-corrected chi connectivity index (χ0v) is 15.7. The molecule has 1 aromatic carbocycles. The normalized spacial score (nSPS) is 25.2. The fourth-order valence-electron chi connectivity index (χ4n) is 3.64. The van der Waals surface area contributed by atoms with E-state index in [4.69, 9.17) is 5.73 Å². The first-order chi connectivity index (χ1) is 11.7. The van der Waals surface area contributed by atoms with E-state index in [1.807, 2.05) is 13.8 Å². The molecule has 8 heteroatoms. The number of anilines is 1. The van der Waals surface area contributed by atoms with Crippen LogP contribution in [0.2, 0.25) is 0 Å². The maximum absolute atomic E-state index is 13.4. The van der Waals surface area contributed by atoms with E-state index in [9.17, 15) is 18.4 Å². The van der Waals surface area contributed by atoms with Crippen molar-refractivity contribution in [2.75, 3.05) is 24.5 Å². The molecule has 2 heterocycles. The number of rotatable bonds is 2. The molecule has 0 saturated carbocycles. The lowest BCUT2D eigenvalue weighted by Crippen LogP contribution is -2.55. The molecular formula is C18H24ClF2N3O2. The van der Waals surface area contributed by atoms with Crippen LogP contribution in [0.3, 0.4) is 0 Å². The molecule has 2 amide bonds. The number of nitrogens with two attached hydrogens (primary N) is 1. The third-order valence-corrected chi connectivity index (χ3v) is 5.26. The SMILES string of the molecule is CC1(C)CN(C(=O)C2CC(=O)N(c3cc(F)cc(F)c3)C2)CCC1N.Cl. The highest BCUT2D eigenvalue weighted by molar-refractivity contribution is 6.00. The fourth-order valence-corrected chi connectivity index (χ4v) is 3.64. The van der Waals surface area contributed by atoms with Crippen molar-refractivity contribution in [3.05, 3.63) is 29.8 Å². The quantitative estimate of drug-likeness (QED) is 0.846. The molecule has 144 valence electrons. The number of piperidine rings is 1. The van der Waals surface area contributed by atoms with Crippen molar-refractivity contribution in [2.45, 2.75) is 32.7 Å². The van der Waals surface area contributed by atoms with Gasteiger partial charge in [0, 0.05) is 43.9 Å². The van der Waals surface area contributed by atoms with Gasteiger partial charge in [-0.2, -0.15) is 0 Å². The first-order valence-corrected chi connectivity index (χ1v) is 8.48. The number of halogens is 3. The molecule has 2 N–H and O–H groups in total. The largest absolute Gasteiger partial charge is 0.342 e. The lowest BCUT2D eigenvalue weighted by Gasteiger charge is -2.43. The van der Waals surface area contributed by atoms with E-state index in [0.29, 0.717) is 13.1 Å². The Bertz CT molecular complexity index is 693. The predicted octanol–water partition coefficient (Wildman–Crippen LogP) is 2.33. The summed E-state index contributed by atoms with van der Waals surface area (Å²) in [5, 5.41) is 0. The van der Waals surface area contributed by atoms with Gasteiger partial charge in [-0.15, -0.1) is 12.4 Å². The van der Waals surface area contributed by atoms with Crippen molar-refractivity contribution >= 4 is 29.9 Å². The summed E-state index contributed by atoms with van der Waals surface area (Å²) in [6, 6.07) is 3.01. The van der Waals surface area contributed by atoms with E-state index in [0.717, 1.165) is 24.6 Å². The molecule has 0 spiro atoms. The summed E-state index contributed by atoms with van der Waals surface area (Å²) in [5.41, 5.74) is 6.08. The van der Waals surface area contributed by atoms with Crippen LogP contribution in [0.5, 0.6) is 0 Å². The number of likely N-dealkylation sites (tertiary alicyclic amines) is 1. The van der Waals surface area contributed by atoms with Crippen LogP contribution in [0.25, 0.3) is 0 Å². The molecule has 26 heavy (non-hydrogen) atoms. The Morgan fingerprint density at radius 2 is 1.85 bits per heavy atom. The summed E-state index contributed by atoms with van der Waals surface area (Å²) in [6.07, 6.45) is 0.776. The summed E-state index contributed by atoms with van der Waals surface area (Å²) in [4.78, 5) is 28.1. The zero-order chi connectivity index (χ0) is 18.4. The Kier molecular flexibility index (Phi) is 5.92. The molecular weight excluding hydrogens is 364 g/mol. The number of carbonyl (C=O) groups excluding carboxylic acids is 2. The molecule has 0 aliphatic carbocycles. The lowest BCUT2D eigenvalue weighted by atomic mass is 9.79.